The maximum atomic E-state index is 13.6. The minimum Gasteiger partial charge on any atom is -0.481 e. The largest absolute Gasteiger partial charge is 0.481 e. The van der Waals surface area contributed by atoms with Gasteiger partial charge >= 0.3 is 18.2 Å². The van der Waals surface area contributed by atoms with Gasteiger partial charge in [0.2, 0.25) is 0 Å². The number of amides is 2. The molecule has 7 nitrogen and oxygen atoms in total. The number of rotatable bonds is 6. The molecule has 2 amide bonds. The van der Waals surface area contributed by atoms with Gasteiger partial charge in [-0.25, -0.2) is 9.48 Å². The number of hydrogen-bond acceptors (Lipinski definition) is 3. The van der Waals surface area contributed by atoms with Crippen molar-refractivity contribution in [2.24, 2.45) is 0 Å². The van der Waals surface area contributed by atoms with Gasteiger partial charge in [0.15, 0.2) is 6.04 Å². The fourth-order valence-electron chi connectivity index (χ4n) is 2.68. The lowest BCUT2D eigenvalue weighted by Crippen LogP contribution is -2.44. The second-order valence-corrected chi connectivity index (χ2v) is 5.85. The highest BCUT2D eigenvalue weighted by molar-refractivity contribution is 5.75. The first-order chi connectivity index (χ1) is 12.6. The van der Waals surface area contributed by atoms with E-state index < -0.39 is 30.6 Å². The SMILES string of the molecule is Cc1nn(-c2ccccc2)c(C)c1C(NC(=O)NCCC(=O)O)C(F)(F)F. The van der Waals surface area contributed by atoms with E-state index in [-0.39, 0.29) is 23.5 Å². The van der Waals surface area contributed by atoms with E-state index in [1.54, 1.807) is 30.3 Å². The Labute approximate surface area is 153 Å². The number of carbonyl (C=O) groups excluding carboxylic acids is 1. The zero-order valence-corrected chi connectivity index (χ0v) is 14.7. The Morgan fingerprint density at radius 3 is 2.41 bits per heavy atom. The lowest BCUT2D eigenvalue weighted by molar-refractivity contribution is -0.155. The van der Waals surface area contributed by atoms with Crippen LogP contribution in [0.5, 0.6) is 0 Å². The predicted molar refractivity (Wildman–Crippen MR) is 90.6 cm³/mol. The van der Waals surface area contributed by atoms with Crippen LogP contribution < -0.4 is 10.6 Å². The van der Waals surface area contributed by atoms with Crippen molar-refractivity contribution in [3.05, 3.63) is 47.3 Å². The van der Waals surface area contributed by atoms with Crippen LogP contribution >= 0.6 is 0 Å². The molecule has 2 aromatic rings. The summed E-state index contributed by atoms with van der Waals surface area (Å²) in [4.78, 5) is 22.3. The molecule has 0 bridgehead atoms. The standard InChI is InChI=1S/C17H19F3N4O3/c1-10-14(11(2)24(23-10)12-6-4-3-5-7-12)15(17(18,19)20)22-16(27)21-9-8-13(25)26/h3-7,15H,8-9H2,1-2H3,(H,25,26)(H2,21,22,27). The molecule has 0 aliphatic heterocycles. The second kappa shape index (κ2) is 8.11. The molecule has 1 atom stereocenters. The van der Waals surface area contributed by atoms with Crippen LogP contribution in [0.1, 0.15) is 29.4 Å². The van der Waals surface area contributed by atoms with Gasteiger partial charge in [0.1, 0.15) is 0 Å². The van der Waals surface area contributed by atoms with E-state index in [2.05, 4.69) is 10.4 Å². The molecule has 0 radical (unpaired) electrons. The fourth-order valence-corrected chi connectivity index (χ4v) is 2.68. The van der Waals surface area contributed by atoms with Crippen LogP contribution in [0.15, 0.2) is 30.3 Å². The Kier molecular flexibility index (Phi) is 6.09. The number of hydrogen-bond donors (Lipinski definition) is 3. The third-order valence-electron chi connectivity index (χ3n) is 3.86. The van der Waals surface area contributed by atoms with Gasteiger partial charge in [0.25, 0.3) is 0 Å². The van der Waals surface area contributed by atoms with Crippen LogP contribution in [-0.2, 0) is 4.79 Å². The molecule has 0 saturated heterocycles. The van der Waals surface area contributed by atoms with Gasteiger partial charge in [0, 0.05) is 17.8 Å². The Bertz CT molecular complexity index is 819. The maximum Gasteiger partial charge on any atom is 0.413 e. The van der Waals surface area contributed by atoms with Crippen LogP contribution in [0.2, 0.25) is 0 Å². The van der Waals surface area contributed by atoms with Crippen molar-refractivity contribution in [2.45, 2.75) is 32.5 Å². The molecule has 10 heteroatoms. The maximum absolute atomic E-state index is 13.6. The molecule has 27 heavy (non-hydrogen) atoms. The first-order valence-electron chi connectivity index (χ1n) is 8.05. The van der Waals surface area contributed by atoms with Gasteiger partial charge in [-0.3, -0.25) is 4.79 Å². The van der Waals surface area contributed by atoms with E-state index in [0.29, 0.717) is 5.69 Å². The number of aliphatic carboxylic acids is 1. The summed E-state index contributed by atoms with van der Waals surface area (Å²) in [5.41, 5.74) is 0.812. The smallest absolute Gasteiger partial charge is 0.413 e. The third-order valence-corrected chi connectivity index (χ3v) is 3.86. The van der Waals surface area contributed by atoms with Gasteiger partial charge in [-0.15, -0.1) is 0 Å². The summed E-state index contributed by atoms with van der Waals surface area (Å²) >= 11 is 0. The molecule has 146 valence electrons. The highest BCUT2D eigenvalue weighted by atomic mass is 19.4. The molecular formula is C17H19F3N4O3. The van der Waals surface area contributed by atoms with E-state index in [1.165, 1.54) is 18.5 Å². The minimum atomic E-state index is -4.76. The zero-order chi connectivity index (χ0) is 20.2. The van der Waals surface area contributed by atoms with Gasteiger partial charge in [-0.2, -0.15) is 18.3 Å². The predicted octanol–water partition coefficient (Wildman–Crippen LogP) is 2.87. The molecule has 1 heterocycles. The summed E-state index contributed by atoms with van der Waals surface area (Å²) in [5, 5.41) is 16.7. The number of carboxylic acid groups (broad SMARTS) is 1. The van der Waals surface area contributed by atoms with E-state index in [9.17, 15) is 22.8 Å². The minimum absolute atomic E-state index is 0.129. The molecule has 1 aromatic heterocycles. The van der Waals surface area contributed by atoms with E-state index in [4.69, 9.17) is 5.11 Å². The molecule has 0 aliphatic carbocycles. The molecule has 0 spiro atoms. The van der Waals surface area contributed by atoms with Crippen LogP contribution in [0, 0.1) is 13.8 Å². The number of nitrogens with one attached hydrogen (secondary N) is 2. The fraction of sp³-hybridized carbons (Fsp3) is 0.353. The second-order valence-electron chi connectivity index (χ2n) is 5.85. The Morgan fingerprint density at radius 2 is 1.85 bits per heavy atom. The van der Waals surface area contributed by atoms with Gasteiger partial charge in [-0.1, -0.05) is 18.2 Å². The Hall–Kier alpha value is -3.04. The molecule has 0 fully saturated rings. The Morgan fingerprint density at radius 1 is 1.22 bits per heavy atom. The number of nitrogens with zero attached hydrogens (tertiary/aromatic N) is 2. The van der Waals surface area contributed by atoms with Crippen molar-refractivity contribution in [1.29, 1.82) is 0 Å². The van der Waals surface area contributed by atoms with E-state index in [1.807, 2.05) is 5.32 Å². The zero-order valence-electron chi connectivity index (χ0n) is 14.7. The van der Waals surface area contributed by atoms with Gasteiger partial charge < -0.3 is 15.7 Å². The van der Waals surface area contributed by atoms with Crippen LogP contribution in [0.3, 0.4) is 0 Å². The number of alkyl halides is 3. The molecule has 1 unspecified atom stereocenters. The molecule has 3 N–H and O–H groups in total. The van der Waals surface area contributed by atoms with E-state index >= 15 is 0 Å². The number of benzene rings is 1. The number of halogens is 3. The van der Waals surface area contributed by atoms with Crippen molar-refractivity contribution in [2.75, 3.05) is 6.54 Å². The number of aromatic nitrogens is 2. The Balaban J connectivity index is 2.31. The van der Waals surface area contributed by atoms with Crippen LogP contribution in [0.4, 0.5) is 18.0 Å². The summed E-state index contributed by atoms with van der Waals surface area (Å²) in [6.45, 7) is 2.64. The summed E-state index contributed by atoms with van der Waals surface area (Å²) in [7, 11) is 0. The van der Waals surface area contributed by atoms with Crippen LogP contribution in [0.25, 0.3) is 5.69 Å². The normalized spacial score (nSPS) is 12.5. The van der Waals surface area contributed by atoms with Crippen molar-refractivity contribution in [3.63, 3.8) is 0 Å². The highest BCUT2D eigenvalue weighted by Gasteiger charge is 2.44. The van der Waals surface area contributed by atoms with E-state index in [0.717, 1.165) is 0 Å². The lowest BCUT2D eigenvalue weighted by atomic mass is 10.0. The number of aryl methyl sites for hydroxylation is 1. The number of urea groups is 1. The topological polar surface area (TPSA) is 96.3 Å². The monoisotopic (exact) mass is 384 g/mol. The van der Waals surface area contributed by atoms with Crippen molar-refractivity contribution in [1.82, 2.24) is 20.4 Å². The summed E-state index contributed by atoms with van der Waals surface area (Å²) < 4.78 is 42.2. The summed E-state index contributed by atoms with van der Waals surface area (Å²) in [5.74, 6) is -1.17. The molecular weight excluding hydrogens is 365 g/mol. The number of carboxylic acids is 1. The summed E-state index contributed by atoms with van der Waals surface area (Å²) in [6, 6.07) is 5.28. The van der Waals surface area contributed by atoms with Gasteiger partial charge in [-0.05, 0) is 26.0 Å². The average molecular weight is 384 g/mol. The number of carbonyl (C=O) groups is 2. The lowest BCUT2D eigenvalue weighted by Gasteiger charge is -2.22. The molecule has 2 rings (SSSR count). The first kappa shape index (κ1) is 20.3. The molecule has 1 aromatic carbocycles. The van der Waals surface area contributed by atoms with Crippen molar-refractivity contribution < 1.29 is 27.9 Å². The van der Waals surface area contributed by atoms with Crippen molar-refractivity contribution in [3.8, 4) is 5.69 Å². The third kappa shape index (κ3) is 4.99. The summed E-state index contributed by atoms with van der Waals surface area (Å²) in [6.07, 6.45) is -5.15. The van der Waals surface area contributed by atoms with Crippen molar-refractivity contribution >= 4 is 12.0 Å². The molecule has 0 saturated carbocycles. The first-order valence-corrected chi connectivity index (χ1v) is 8.05. The van der Waals surface area contributed by atoms with Gasteiger partial charge in [0.05, 0.1) is 17.8 Å². The average Bonchev–Trinajstić information content (AvgIpc) is 2.87. The molecule has 0 aliphatic rings. The highest BCUT2D eigenvalue weighted by Crippen LogP contribution is 2.36. The quantitative estimate of drug-likeness (QED) is 0.714. The van der Waals surface area contributed by atoms with Crippen LogP contribution in [-0.4, -0.2) is 39.6 Å². The number of para-hydroxylation sites is 1.